The molecule has 0 spiro atoms. The van der Waals surface area contributed by atoms with E-state index in [1.165, 1.54) is 0 Å². The molecule has 0 fully saturated rings. The smallest absolute Gasteiger partial charge is 0.325 e. The first-order chi connectivity index (χ1) is 11.6. The van der Waals surface area contributed by atoms with Gasteiger partial charge in [0.05, 0.1) is 10.7 Å². The Labute approximate surface area is 141 Å². The van der Waals surface area contributed by atoms with E-state index in [0.29, 0.717) is 16.3 Å². The third-order valence-corrected chi connectivity index (χ3v) is 3.87. The van der Waals surface area contributed by atoms with E-state index in [-0.39, 0.29) is 16.6 Å². The number of alkyl halides is 3. The zero-order valence-corrected chi connectivity index (χ0v) is 13.2. The summed E-state index contributed by atoms with van der Waals surface area (Å²) in [6.07, 6.45) is -4.67. The molecule has 1 amide bonds. The fourth-order valence-corrected chi connectivity index (χ4v) is 2.46. The lowest BCUT2D eigenvalue weighted by molar-refractivity contribution is -0.387. The number of aromatic nitrogens is 3. The molecule has 0 bridgehead atoms. The number of carbonyl (C=O) groups is 1. The van der Waals surface area contributed by atoms with Gasteiger partial charge in [0.25, 0.3) is 0 Å². The highest BCUT2D eigenvalue weighted by molar-refractivity contribution is 7.99. The number of hydrogen-bond acceptors (Lipinski definition) is 6. The molecular weight excluding hydrogens is 370 g/mol. The molecule has 0 aliphatic rings. The molecule has 0 unspecified atom stereocenters. The van der Waals surface area contributed by atoms with Gasteiger partial charge in [0.2, 0.25) is 17.5 Å². The van der Waals surface area contributed by atoms with Gasteiger partial charge in [0.15, 0.2) is 5.16 Å². The monoisotopic (exact) mass is 379 g/mol. The largest absolute Gasteiger partial charge is 0.451 e. The Hall–Kier alpha value is -2.70. The van der Waals surface area contributed by atoms with Crippen LogP contribution in [-0.4, -0.2) is 31.3 Å². The Morgan fingerprint density at radius 2 is 2.08 bits per heavy atom. The quantitative estimate of drug-likeness (QED) is 0.371. The third kappa shape index (κ3) is 4.43. The predicted octanol–water partition coefficient (Wildman–Crippen LogP) is 2.61. The Kier molecular flexibility index (Phi) is 5.25. The zero-order valence-electron chi connectivity index (χ0n) is 12.4. The number of hydrogen-bond donors (Lipinski definition) is 1. The van der Waals surface area contributed by atoms with Crippen LogP contribution in [-0.2, 0) is 18.0 Å². The minimum Gasteiger partial charge on any atom is -0.325 e. The second-order valence-electron chi connectivity index (χ2n) is 4.62. The van der Waals surface area contributed by atoms with Gasteiger partial charge in [0.1, 0.15) is 0 Å². The highest BCUT2D eigenvalue weighted by Crippen LogP contribution is 2.29. The summed E-state index contributed by atoms with van der Waals surface area (Å²) < 4.78 is 51.7. The van der Waals surface area contributed by atoms with Gasteiger partial charge in [0, 0.05) is 18.8 Å². The van der Waals surface area contributed by atoms with Crippen LogP contribution in [0.4, 0.5) is 28.9 Å². The van der Waals surface area contributed by atoms with Gasteiger partial charge in [-0.2, -0.15) is 17.6 Å². The lowest BCUT2D eigenvalue weighted by atomic mass is 10.2. The van der Waals surface area contributed by atoms with Gasteiger partial charge in [-0.1, -0.05) is 11.8 Å². The van der Waals surface area contributed by atoms with Crippen LogP contribution in [0.15, 0.2) is 23.4 Å². The van der Waals surface area contributed by atoms with E-state index >= 15 is 0 Å². The Balaban J connectivity index is 2.01. The molecular formula is C12H9F4N5O3S. The van der Waals surface area contributed by atoms with Crippen molar-refractivity contribution in [2.75, 3.05) is 11.1 Å². The topological polar surface area (TPSA) is 103 Å². The lowest BCUT2D eigenvalue weighted by Gasteiger charge is -2.07. The van der Waals surface area contributed by atoms with Crippen LogP contribution < -0.4 is 5.32 Å². The number of benzene rings is 1. The summed E-state index contributed by atoms with van der Waals surface area (Å²) in [4.78, 5) is 21.5. The van der Waals surface area contributed by atoms with Crippen molar-refractivity contribution < 1.29 is 27.3 Å². The number of carbonyl (C=O) groups excluding carboxylic acids is 1. The summed E-state index contributed by atoms with van der Waals surface area (Å²) in [5.74, 6) is -3.25. The van der Waals surface area contributed by atoms with Crippen molar-refractivity contribution in [2.45, 2.75) is 11.3 Å². The molecule has 0 atom stereocenters. The van der Waals surface area contributed by atoms with E-state index in [9.17, 15) is 32.5 Å². The van der Waals surface area contributed by atoms with Crippen LogP contribution >= 0.6 is 11.8 Å². The summed E-state index contributed by atoms with van der Waals surface area (Å²) in [6, 6.07) is 2.77. The molecule has 8 nitrogen and oxygen atoms in total. The summed E-state index contributed by atoms with van der Waals surface area (Å²) in [7, 11) is 1.10. The molecule has 1 N–H and O–H groups in total. The molecule has 13 heteroatoms. The van der Waals surface area contributed by atoms with Crippen LogP contribution in [0.5, 0.6) is 0 Å². The van der Waals surface area contributed by atoms with Crippen molar-refractivity contribution in [2.24, 2.45) is 7.05 Å². The Bertz CT molecular complexity index is 824. The molecule has 1 aromatic heterocycles. The molecule has 2 aromatic rings. The van der Waals surface area contributed by atoms with Crippen molar-refractivity contribution in [1.29, 1.82) is 0 Å². The minimum atomic E-state index is -4.67. The van der Waals surface area contributed by atoms with Crippen LogP contribution in [0, 0.1) is 15.9 Å². The first-order valence-electron chi connectivity index (χ1n) is 6.42. The van der Waals surface area contributed by atoms with Gasteiger partial charge in [-0.15, -0.1) is 10.2 Å². The molecule has 1 heterocycles. The molecule has 2 rings (SSSR count). The van der Waals surface area contributed by atoms with Gasteiger partial charge >= 0.3 is 11.9 Å². The second kappa shape index (κ2) is 7.04. The second-order valence-corrected chi connectivity index (χ2v) is 5.57. The van der Waals surface area contributed by atoms with Crippen molar-refractivity contribution in [1.82, 2.24) is 14.8 Å². The normalized spacial score (nSPS) is 11.4. The molecule has 0 radical (unpaired) electrons. The van der Waals surface area contributed by atoms with E-state index in [4.69, 9.17) is 0 Å². The van der Waals surface area contributed by atoms with E-state index in [0.717, 1.165) is 25.2 Å². The molecule has 0 saturated heterocycles. The fraction of sp³-hybridized carbons (Fsp3) is 0.250. The van der Waals surface area contributed by atoms with E-state index in [1.807, 2.05) is 0 Å². The number of thioether (sulfide) groups is 1. The van der Waals surface area contributed by atoms with Crippen molar-refractivity contribution in [3.05, 3.63) is 40.0 Å². The number of anilines is 1. The average molecular weight is 379 g/mol. The molecule has 0 aliphatic heterocycles. The SMILES string of the molecule is Cn1c(SCC(=O)Nc2ccc(F)c([N+](=O)[O-])c2)nnc1C(F)(F)F. The highest BCUT2D eigenvalue weighted by atomic mass is 32.2. The van der Waals surface area contributed by atoms with Crippen molar-refractivity contribution in [3.63, 3.8) is 0 Å². The predicted molar refractivity (Wildman–Crippen MR) is 78.4 cm³/mol. The Morgan fingerprint density at radius 3 is 2.64 bits per heavy atom. The number of halogens is 4. The molecule has 25 heavy (non-hydrogen) atoms. The van der Waals surface area contributed by atoms with Gasteiger partial charge < -0.3 is 9.88 Å². The number of nitrogens with zero attached hydrogens (tertiary/aromatic N) is 4. The van der Waals surface area contributed by atoms with Gasteiger partial charge in [-0.25, -0.2) is 0 Å². The van der Waals surface area contributed by atoms with Crippen molar-refractivity contribution in [3.8, 4) is 0 Å². The zero-order chi connectivity index (χ0) is 18.8. The molecule has 0 aliphatic carbocycles. The number of nitro groups is 1. The maximum atomic E-state index is 13.2. The maximum Gasteiger partial charge on any atom is 0.451 e. The van der Waals surface area contributed by atoms with E-state index < -0.39 is 34.3 Å². The number of nitro benzene ring substituents is 1. The maximum absolute atomic E-state index is 13.2. The number of nitrogens with one attached hydrogen (secondary N) is 1. The fourth-order valence-electron chi connectivity index (χ4n) is 1.74. The summed E-state index contributed by atoms with van der Waals surface area (Å²) in [5.41, 5.74) is -0.832. The number of amides is 1. The van der Waals surface area contributed by atoms with E-state index in [1.54, 1.807) is 0 Å². The summed E-state index contributed by atoms with van der Waals surface area (Å²) in [5, 5.41) is 19.1. The summed E-state index contributed by atoms with van der Waals surface area (Å²) in [6.45, 7) is 0. The number of rotatable bonds is 5. The van der Waals surface area contributed by atoms with E-state index in [2.05, 4.69) is 15.5 Å². The molecule has 134 valence electrons. The van der Waals surface area contributed by atoms with Crippen LogP contribution in [0.1, 0.15) is 5.82 Å². The van der Waals surface area contributed by atoms with Gasteiger partial charge in [-0.3, -0.25) is 14.9 Å². The van der Waals surface area contributed by atoms with Crippen molar-refractivity contribution >= 4 is 29.0 Å². The average Bonchev–Trinajstić information content (AvgIpc) is 2.88. The molecule has 0 saturated carbocycles. The summed E-state index contributed by atoms with van der Waals surface area (Å²) >= 11 is 0.694. The first kappa shape index (κ1) is 18.6. The molecule has 1 aromatic carbocycles. The third-order valence-electron chi connectivity index (χ3n) is 2.85. The Morgan fingerprint density at radius 1 is 1.40 bits per heavy atom. The lowest BCUT2D eigenvalue weighted by Crippen LogP contribution is -2.15. The van der Waals surface area contributed by atoms with Gasteiger partial charge in [-0.05, 0) is 12.1 Å². The van der Waals surface area contributed by atoms with Crippen LogP contribution in [0.3, 0.4) is 0 Å². The highest BCUT2D eigenvalue weighted by Gasteiger charge is 2.37. The minimum absolute atomic E-state index is 0.0207. The van der Waals surface area contributed by atoms with Crippen LogP contribution in [0.2, 0.25) is 0 Å². The standard InChI is InChI=1S/C12H9F4N5O3S/c1-20-10(12(14,15)16)18-19-11(20)25-5-9(22)17-6-2-3-7(13)8(4-6)21(23)24/h2-4H,5H2,1H3,(H,17,22). The first-order valence-corrected chi connectivity index (χ1v) is 7.41. The van der Waals surface area contributed by atoms with Crippen LogP contribution in [0.25, 0.3) is 0 Å².